The van der Waals surface area contributed by atoms with E-state index >= 15 is 0 Å². The van der Waals surface area contributed by atoms with E-state index in [1.807, 2.05) is 24.3 Å². The number of pyridine rings is 2. The molecular formula is C20H16F2N4O. The van der Waals surface area contributed by atoms with Crippen LogP contribution in [0.3, 0.4) is 0 Å². The van der Waals surface area contributed by atoms with Crippen molar-refractivity contribution < 1.29 is 13.5 Å². The van der Waals surface area contributed by atoms with Crippen LogP contribution in [0.15, 0.2) is 48.8 Å². The predicted molar refractivity (Wildman–Crippen MR) is 101 cm³/mol. The van der Waals surface area contributed by atoms with Crippen molar-refractivity contribution in [2.24, 2.45) is 0 Å². The average Bonchev–Trinajstić information content (AvgIpc) is 3.10. The Labute approximate surface area is 154 Å². The highest BCUT2D eigenvalue weighted by Gasteiger charge is 2.18. The number of ether oxygens (including phenoxy) is 1. The molecule has 0 spiro atoms. The number of anilines is 1. The van der Waals surface area contributed by atoms with Crippen LogP contribution in [0.5, 0.6) is 5.75 Å². The Kier molecular flexibility index (Phi) is 4.19. The second-order valence-electron chi connectivity index (χ2n) is 5.95. The Bertz CT molecular complexity index is 1140. The minimum Gasteiger partial charge on any atom is -0.493 e. The van der Waals surface area contributed by atoms with E-state index in [2.05, 4.69) is 20.3 Å². The summed E-state index contributed by atoms with van der Waals surface area (Å²) in [6.45, 7) is 0. The van der Waals surface area contributed by atoms with Gasteiger partial charge in [0.15, 0.2) is 11.6 Å². The second kappa shape index (κ2) is 6.68. The van der Waals surface area contributed by atoms with Crippen molar-refractivity contribution in [2.45, 2.75) is 0 Å². The first kappa shape index (κ1) is 17.0. The molecule has 27 heavy (non-hydrogen) atoms. The molecule has 0 fully saturated rings. The van der Waals surface area contributed by atoms with Crippen LogP contribution in [-0.2, 0) is 0 Å². The van der Waals surface area contributed by atoms with E-state index in [-0.39, 0.29) is 5.75 Å². The number of hydrogen-bond donors (Lipinski definition) is 2. The fourth-order valence-electron chi connectivity index (χ4n) is 3.07. The van der Waals surface area contributed by atoms with Crippen LogP contribution in [0.25, 0.3) is 33.4 Å². The molecule has 0 saturated heterocycles. The average molecular weight is 366 g/mol. The van der Waals surface area contributed by atoms with Gasteiger partial charge in [-0.1, -0.05) is 6.07 Å². The molecule has 0 aliphatic heterocycles. The summed E-state index contributed by atoms with van der Waals surface area (Å²) < 4.78 is 33.1. The van der Waals surface area contributed by atoms with Gasteiger partial charge >= 0.3 is 0 Å². The third kappa shape index (κ3) is 2.97. The van der Waals surface area contributed by atoms with E-state index in [1.54, 1.807) is 19.4 Å². The molecule has 0 amide bonds. The summed E-state index contributed by atoms with van der Waals surface area (Å²) in [5.74, 6) is -0.715. The van der Waals surface area contributed by atoms with E-state index in [0.29, 0.717) is 22.2 Å². The number of benzene rings is 1. The molecule has 3 heterocycles. The molecule has 3 aromatic heterocycles. The largest absolute Gasteiger partial charge is 0.493 e. The van der Waals surface area contributed by atoms with Crippen molar-refractivity contribution in [2.75, 3.05) is 19.5 Å². The van der Waals surface area contributed by atoms with Crippen molar-refractivity contribution in [3.63, 3.8) is 0 Å². The molecule has 0 aliphatic rings. The Balaban J connectivity index is 1.91. The summed E-state index contributed by atoms with van der Waals surface area (Å²) in [6, 6.07) is 9.56. The lowest BCUT2D eigenvalue weighted by molar-refractivity contribution is 0.386. The molecule has 0 saturated carbocycles. The Morgan fingerprint density at radius 3 is 2.74 bits per heavy atom. The molecule has 1 aromatic carbocycles. The van der Waals surface area contributed by atoms with Crippen LogP contribution >= 0.6 is 0 Å². The zero-order chi connectivity index (χ0) is 19.0. The van der Waals surface area contributed by atoms with Crippen molar-refractivity contribution in [1.82, 2.24) is 15.0 Å². The van der Waals surface area contributed by atoms with E-state index in [9.17, 15) is 8.78 Å². The predicted octanol–water partition coefficient (Wildman–Crippen LogP) is 4.62. The van der Waals surface area contributed by atoms with E-state index in [4.69, 9.17) is 4.74 Å². The summed E-state index contributed by atoms with van der Waals surface area (Å²) in [4.78, 5) is 12.0. The topological polar surface area (TPSA) is 62.8 Å². The molecule has 5 nitrogen and oxygen atoms in total. The molecule has 4 aromatic rings. The second-order valence-corrected chi connectivity index (χ2v) is 5.95. The number of nitrogens with one attached hydrogen (secondary N) is 2. The van der Waals surface area contributed by atoms with Crippen LogP contribution in [0, 0.1) is 11.6 Å². The fourth-order valence-corrected chi connectivity index (χ4v) is 3.07. The maximum atomic E-state index is 14.1. The first-order chi connectivity index (χ1) is 13.1. The van der Waals surface area contributed by atoms with Crippen LogP contribution in [0.4, 0.5) is 14.6 Å². The number of nitrogens with zero attached hydrogens (tertiary/aromatic N) is 2. The van der Waals surface area contributed by atoms with Crippen molar-refractivity contribution in [3.8, 4) is 28.1 Å². The molecule has 2 N–H and O–H groups in total. The number of hydrogen-bond acceptors (Lipinski definition) is 4. The number of methoxy groups -OCH3 is 1. The molecule has 0 unspecified atom stereocenters. The van der Waals surface area contributed by atoms with Gasteiger partial charge in [-0.3, -0.25) is 0 Å². The maximum absolute atomic E-state index is 14.1. The molecule has 136 valence electrons. The van der Waals surface area contributed by atoms with Gasteiger partial charge in [-0.25, -0.2) is 18.7 Å². The molecule has 7 heteroatoms. The van der Waals surface area contributed by atoms with E-state index in [0.717, 1.165) is 23.1 Å². The lowest BCUT2D eigenvalue weighted by atomic mass is 10.0. The summed E-state index contributed by atoms with van der Waals surface area (Å²) in [6.07, 6.45) is 3.36. The quantitative estimate of drug-likeness (QED) is 0.553. The normalized spacial score (nSPS) is 11.0. The number of H-pyrrole nitrogens is 1. The van der Waals surface area contributed by atoms with Crippen molar-refractivity contribution in [1.29, 1.82) is 0 Å². The molecule has 4 rings (SSSR count). The Morgan fingerprint density at radius 1 is 1.11 bits per heavy atom. The first-order valence-electron chi connectivity index (χ1n) is 8.26. The number of halogens is 2. The molecule has 0 bridgehead atoms. The smallest absolute Gasteiger partial charge is 0.168 e. The van der Waals surface area contributed by atoms with E-state index < -0.39 is 11.6 Å². The lowest BCUT2D eigenvalue weighted by Gasteiger charge is -2.09. The number of aromatic amines is 1. The first-order valence-corrected chi connectivity index (χ1v) is 8.26. The maximum Gasteiger partial charge on any atom is 0.168 e. The Morgan fingerprint density at radius 2 is 1.96 bits per heavy atom. The highest BCUT2D eigenvalue weighted by atomic mass is 19.1. The minimum absolute atomic E-state index is 0.0157. The molecule has 0 aliphatic carbocycles. The summed E-state index contributed by atoms with van der Waals surface area (Å²) in [7, 11) is 3.15. The van der Waals surface area contributed by atoms with E-state index in [1.165, 1.54) is 13.2 Å². The lowest BCUT2D eigenvalue weighted by Crippen LogP contribution is -1.94. The molecule has 0 atom stereocenters. The monoisotopic (exact) mass is 366 g/mol. The SMILES string of the molecule is CNc1cccc(-c2cnc3[nH]cc(-c4cc(F)cc(F)c4OC)c3c2)n1. The standard InChI is InChI=1S/C20H16F2N4O/c1-23-18-5-3-4-17(26-18)11-6-14-15(10-25-20(14)24-9-11)13-7-12(21)8-16(22)19(13)27-2/h3-10H,1-2H3,(H,23,26)(H,24,25). The van der Waals surface area contributed by atoms with Gasteiger partial charge in [0.05, 0.1) is 12.8 Å². The number of rotatable bonds is 4. The Hall–Kier alpha value is -3.48. The third-order valence-corrected chi connectivity index (χ3v) is 4.33. The number of aromatic nitrogens is 3. The highest BCUT2D eigenvalue weighted by Crippen LogP contribution is 2.38. The molecular weight excluding hydrogens is 350 g/mol. The van der Waals surface area contributed by atoms with Gasteiger partial charge < -0.3 is 15.0 Å². The summed E-state index contributed by atoms with van der Waals surface area (Å²) >= 11 is 0. The third-order valence-electron chi connectivity index (χ3n) is 4.33. The van der Waals surface area contributed by atoms with Gasteiger partial charge in [0, 0.05) is 47.6 Å². The van der Waals surface area contributed by atoms with Crippen LogP contribution in [0.1, 0.15) is 0 Å². The van der Waals surface area contributed by atoms with Crippen LogP contribution < -0.4 is 10.1 Å². The van der Waals surface area contributed by atoms with Gasteiger partial charge in [0.1, 0.15) is 17.3 Å². The molecule has 0 radical (unpaired) electrons. The van der Waals surface area contributed by atoms with Crippen LogP contribution in [-0.4, -0.2) is 29.1 Å². The number of fused-ring (bicyclic) bond motifs is 1. The summed E-state index contributed by atoms with van der Waals surface area (Å²) in [5.41, 5.74) is 3.04. The van der Waals surface area contributed by atoms with Gasteiger partial charge in [-0.15, -0.1) is 0 Å². The van der Waals surface area contributed by atoms with Gasteiger partial charge in [0.25, 0.3) is 0 Å². The zero-order valence-corrected chi connectivity index (χ0v) is 14.7. The van der Waals surface area contributed by atoms with Gasteiger partial charge in [0.2, 0.25) is 0 Å². The zero-order valence-electron chi connectivity index (χ0n) is 14.7. The summed E-state index contributed by atoms with van der Waals surface area (Å²) in [5, 5.41) is 3.71. The van der Waals surface area contributed by atoms with Crippen molar-refractivity contribution >= 4 is 16.9 Å². The minimum atomic E-state index is -0.755. The van der Waals surface area contributed by atoms with Crippen molar-refractivity contribution in [3.05, 3.63) is 60.4 Å². The van der Waals surface area contributed by atoms with Gasteiger partial charge in [-0.2, -0.15) is 0 Å². The van der Waals surface area contributed by atoms with Crippen LogP contribution in [0.2, 0.25) is 0 Å². The highest BCUT2D eigenvalue weighted by molar-refractivity contribution is 5.97. The van der Waals surface area contributed by atoms with Gasteiger partial charge in [-0.05, 0) is 24.3 Å². The fraction of sp³-hybridized carbons (Fsp3) is 0.100.